The summed E-state index contributed by atoms with van der Waals surface area (Å²) in [5.74, 6) is 0.885. The van der Waals surface area contributed by atoms with Crippen LogP contribution in [-0.4, -0.2) is 25.5 Å². The molecule has 0 aliphatic carbocycles. The summed E-state index contributed by atoms with van der Waals surface area (Å²) < 4.78 is 19.2. The Morgan fingerprint density at radius 1 is 1.42 bits per heavy atom. The molecule has 0 saturated carbocycles. The molecule has 0 spiro atoms. The van der Waals surface area contributed by atoms with E-state index in [9.17, 15) is 4.39 Å². The van der Waals surface area contributed by atoms with Gasteiger partial charge in [0.2, 0.25) is 0 Å². The number of benzene rings is 1. The van der Waals surface area contributed by atoms with Crippen molar-refractivity contribution in [1.82, 2.24) is 5.32 Å². The minimum absolute atomic E-state index is 0.0896. The van der Waals surface area contributed by atoms with Gasteiger partial charge in [0.1, 0.15) is 5.82 Å². The van der Waals surface area contributed by atoms with Gasteiger partial charge in [-0.15, -0.1) is 11.8 Å². The van der Waals surface area contributed by atoms with Crippen LogP contribution in [0.1, 0.15) is 37.8 Å². The van der Waals surface area contributed by atoms with Crippen LogP contribution in [0.5, 0.6) is 0 Å². The molecule has 1 heterocycles. The van der Waals surface area contributed by atoms with Gasteiger partial charge >= 0.3 is 0 Å². The van der Waals surface area contributed by atoms with Crippen LogP contribution >= 0.6 is 11.8 Å². The van der Waals surface area contributed by atoms with E-state index in [-0.39, 0.29) is 11.9 Å². The average molecular weight is 283 g/mol. The second kappa shape index (κ2) is 7.88. The number of unbranched alkanes of at least 4 members (excludes halogenated alkanes) is 1. The Morgan fingerprint density at radius 2 is 2.32 bits per heavy atom. The highest BCUT2D eigenvalue weighted by Gasteiger charge is 2.22. The highest BCUT2D eigenvalue weighted by atomic mass is 32.2. The van der Waals surface area contributed by atoms with Crippen LogP contribution in [0.2, 0.25) is 0 Å². The number of thioether (sulfide) groups is 1. The summed E-state index contributed by atoms with van der Waals surface area (Å²) in [6, 6.07) is 5.64. The van der Waals surface area contributed by atoms with Crippen LogP contribution in [0.3, 0.4) is 0 Å². The Hall–Kier alpha value is -0.580. The molecule has 1 atom stereocenters. The Balaban J connectivity index is 1.81. The van der Waals surface area contributed by atoms with Crippen LogP contribution in [0.25, 0.3) is 0 Å². The molecule has 0 radical (unpaired) electrons. The molecule has 0 saturated heterocycles. The van der Waals surface area contributed by atoms with Gasteiger partial charge in [-0.05, 0) is 30.2 Å². The Labute approximate surface area is 119 Å². The van der Waals surface area contributed by atoms with Crippen molar-refractivity contribution in [3.05, 3.63) is 29.6 Å². The lowest BCUT2D eigenvalue weighted by Crippen LogP contribution is -2.28. The summed E-state index contributed by atoms with van der Waals surface area (Å²) in [6.45, 7) is 4.56. The number of halogens is 1. The molecule has 0 fully saturated rings. The molecule has 19 heavy (non-hydrogen) atoms. The minimum atomic E-state index is -0.0896. The molecule has 0 bridgehead atoms. The monoisotopic (exact) mass is 283 g/mol. The zero-order valence-corrected chi connectivity index (χ0v) is 12.3. The van der Waals surface area contributed by atoms with Crippen LogP contribution in [-0.2, 0) is 4.74 Å². The van der Waals surface area contributed by atoms with Crippen molar-refractivity contribution < 1.29 is 9.13 Å². The number of fused-ring (bicyclic) bond motifs is 1. The summed E-state index contributed by atoms with van der Waals surface area (Å²) in [7, 11) is 0. The second-order valence-corrected chi connectivity index (χ2v) is 5.87. The van der Waals surface area contributed by atoms with Gasteiger partial charge in [0.15, 0.2) is 0 Å². The number of rotatable bonds is 7. The van der Waals surface area contributed by atoms with Gasteiger partial charge in [0.05, 0.1) is 6.61 Å². The topological polar surface area (TPSA) is 21.3 Å². The van der Waals surface area contributed by atoms with E-state index in [1.807, 2.05) is 6.07 Å². The molecular formula is C15H22FNOS. The van der Waals surface area contributed by atoms with Crippen molar-refractivity contribution in [3.63, 3.8) is 0 Å². The summed E-state index contributed by atoms with van der Waals surface area (Å²) in [5.41, 5.74) is 1.10. The highest BCUT2D eigenvalue weighted by Crippen LogP contribution is 2.37. The van der Waals surface area contributed by atoms with Gasteiger partial charge in [0.25, 0.3) is 0 Å². The third kappa shape index (κ3) is 4.20. The van der Waals surface area contributed by atoms with Crippen LogP contribution in [0.15, 0.2) is 23.1 Å². The van der Waals surface area contributed by atoms with Gasteiger partial charge in [0, 0.05) is 24.1 Å². The Morgan fingerprint density at radius 3 is 3.16 bits per heavy atom. The van der Waals surface area contributed by atoms with Gasteiger partial charge in [-0.2, -0.15) is 0 Å². The van der Waals surface area contributed by atoms with Crippen molar-refractivity contribution in [2.24, 2.45) is 0 Å². The zero-order chi connectivity index (χ0) is 13.5. The first-order valence-corrected chi connectivity index (χ1v) is 8.04. The minimum Gasteiger partial charge on any atom is -0.380 e. The molecule has 4 heteroatoms. The average Bonchev–Trinajstić information content (AvgIpc) is 2.43. The van der Waals surface area contributed by atoms with Crippen LogP contribution in [0, 0.1) is 5.82 Å². The van der Waals surface area contributed by atoms with Crippen molar-refractivity contribution >= 4 is 11.8 Å². The van der Waals surface area contributed by atoms with Gasteiger partial charge in [-0.3, -0.25) is 0 Å². The van der Waals surface area contributed by atoms with E-state index in [1.165, 1.54) is 6.42 Å². The van der Waals surface area contributed by atoms with E-state index in [2.05, 4.69) is 12.2 Å². The first-order valence-electron chi connectivity index (χ1n) is 7.05. The molecular weight excluding hydrogens is 261 g/mol. The van der Waals surface area contributed by atoms with Gasteiger partial charge < -0.3 is 10.1 Å². The van der Waals surface area contributed by atoms with E-state index in [0.29, 0.717) is 0 Å². The summed E-state index contributed by atoms with van der Waals surface area (Å²) in [6.07, 6.45) is 3.34. The first-order chi connectivity index (χ1) is 9.33. The van der Waals surface area contributed by atoms with Gasteiger partial charge in [-0.25, -0.2) is 4.39 Å². The number of nitrogens with one attached hydrogen (secondary N) is 1. The predicted molar refractivity (Wildman–Crippen MR) is 78.2 cm³/mol. The SMILES string of the molecule is CCCCOCCNC1CCSc2c(F)cccc21. The molecule has 1 aromatic carbocycles. The molecule has 2 nitrogen and oxygen atoms in total. The Kier molecular flexibility index (Phi) is 6.14. The summed E-state index contributed by atoms with van der Waals surface area (Å²) in [4.78, 5) is 0.818. The van der Waals surface area contributed by atoms with E-state index < -0.39 is 0 Å². The fourth-order valence-corrected chi connectivity index (χ4v) is 3.39. The third-order valence-corrected chi connectivity index (χ3v) is 4.46. The predicted octanol–water partition coefficient (Wildman–Crippen LogP) is 3.77. The lowest BCUT2D eigenvalue weighted by atomic mass is 10.0. The van der Waals surface area contributed by atoms with E-state index >= 15 is 0 Å². The van der Waals surface area contributed by atoms with Crippen LogP contribution in [0.4, 0.5) is 4.39 Å². The lowest BCUT2D eigenvalue weighted by molar-refractivity contribution is 0.130. The first kappa shape index (κ1) is 14.8. The standard InChI is InChI=1S/C15H22FNOS/c1-2-3-9-18-10-8-17-14-7-11-19-15-12(14)5-4-6-13(15)16/h4-6,14,17H,2-3,7-11H2,1H3. The fourth-order valence-electron chi connectivity index (χ4n) is 2.25. The van der Waals surface area contributed by atoms with Crippen molar-refractivity contribution in [2.75, 3.05) is 25.5 Å². The number of ether oxygens (including phenoxy) is 1. The Bertz CT molecular complexity index is 400. The summed E-state index contributed by atoms with van der Waals surface area (Å²) >= 11 is 1.62. The maximum Gasteiger partial charge on any atom is 0.137 e. The summed E-state index contributed by atoms with van der Waals surface area (Å²) in [5, 5.41) is 3.48. The third-order valence-electron chi connectivity index (χ3n) is 3.31. The largest absolute Gasteiger partial charge is 0.380 e. The molecule has 1 N–H and O–H groups in total. The molecule has 1 unspecified atom stereocenters. The van der Waals surface area contributed by atoms with Crippen molar-refractivity contribution in [1.29, 1.82) is 0 Å². The fraction of sp³-hybridized carbons (Fsp3) is 0.600. The quantitative estimate of drug-likeness (QED) is 0.770. The lowest BCUT2D eigenvalue weighted by Gasteiger charge is -2.26. The van der Waals surface area contributed by atoms with Crippen LogP contribution < -0.4 is 5.32 Å². The maximum absolute atomic E-state index is 13.7. The molecule has 0 aromatic heterocycles. The van der Waals surface area contributed by atoms with E-state index in [4.69, 9.17) is 4.74 Å². The van der Waals surface area contributed by atoms with Crippen molar-refractivity contribution in [2.45, 2.75) is 37.1 Å². The van der Waals surface area contributed by atoms with E-state index in [0.717, 1.165) is 48.8 Å². The second-order valence-electron chi connectivity index (χ2n) is 4.77. The molecule has 1 aromatic rings. The molecule has 1 aliphatic rings. The van der Waals surface area contributed by atoms with Crippen molar-refractivity contribution in [3.8, 4) is 0 Å². The van der Waals surface area contributed by atoms with E-state index in [1.54, 1.807) is 23.9 Å². The molecule has 106 valence electrons. The number of hydrogen-bond donors (Lipinski definition) is 1. The zero-order valence-electron chi connectivity index (χ0n) is 11.5. The smallest absolute Gasteiger partial charge is 0.137 e. The number of hydrogen-bond acceptors (Lipinski definition) is 3. The molecule has 1 aliphatic heterocycles. The highest BCUT2D eigenvalue weighted by molar-refractivity contribution is 7.99. The normalized spacial score (nSPS) is 18.3. The van der Waals surface area contributed by atoms with Gasteiger partial charge in [-0.1, -0.05) is 25.5 Å². The molecule has 0 amide bonds. The maximum atomic E-state index is 13.7. The molecule has 2 rings (SSSR count).